The van der Waals surface area contributed by atoms with Crippen molar-refractivity contribution in [3.8, 4) is 11.1 Å². The van der Waals surface area contributed by atoms with E-state index in [2.05, 4.69) is 250 Å². The molecule has 3 heterocycles. The van der Waals surface area contributed by atoms with E-state index < -0.39 is 0 Å². The molecule has 4 heteroatoms. The number of thiophene rings is 1. The van der Waals surface area contributed by atoms with Gasteiger partial charge in [-0.2, -0.15) is 0 Å². The minimum atomic E-state index is -0.123. The third-order valence-corrected chi connectivity index (χ3v) is 15.6. The lowest BCUT2D eigenvalue weighted by molar-refractivity contribution is 0.589. The molecule has 66 heavy (non-hydrogen) atoms. The zero-order valence-corrected chi connectivity index (χ0v) is 44.2. The van der Waals surface area contributed by atoms with Crippen molar-refractivity contribution < 1.29 is 0 Å². The van der Waals surface area contributed by atoms with E-state index >= 15 is 0 Å². The zero-order valence-electron chi connectivity index (χ0n) is 43.3. The predicted octanol–water partition coefficient (Wildman–Crippen LogP) is 16.4. The van der Waals surface area contributed by atoms with Gasteiger partial charge in [0, 0.05) is 43.2 Å². The van der Waals surface area contributed by atoms with E-state index in [-0.39, 0.29) is 39.2 Å². The van der Waals surface area contributed by atoms with Gasteiger partial charge in [0.2, 0.25) is 0 Å². The van der Waals surface area contributed by atoms with Crippen LogP contribution in [-0.2, 0) is 32.5 Å². The molecule has 0 radical (unpaired) electrons. The van der Waals surface area contributed by atoms with Gasteiger partial charge in [-0.1, -0.05) is 191 Å². The summed E-state index contributed by atoms with van der Waals surface area (Å²) in [5, 5.41) is 1.32. The van der Waals surface area contributed by atoms with Gasteiger partial charge >= 0.3 is 0 Å². The van der Waals surface area contributed by atoms with Gasteiger partial charge in [0.1, 0.15) is 0 Å². The number of benzene rings is 6. The van der Waals surface area contributed by atoms with Crippen molar-refractivity contribution in [2.24, 2.45) is 0 Å². The average molecular weight is 889 g/mol. The maximum absolute atomic E-state index is 2.67. The van der Waals surface area contributed by atoms with E-state index in [4.69, 9.17) is 0 Å². The summed E-state index contributed by atoms with van der Waals surface area (Å²) < 4.78 is 2.77. The highest BCUT2D eigenvalue weighted by Crippen LogP contribution is 2.52. The quantitative estimate of drug-likeness (QED) is 0.163. The second kappa shape index (κ2) is 15.2. The molecular formula is C62H73BN2S. The highest BCUT2D eigenvalue weighted by molar-refractivity contribution is 7.33. The van der Waals surface area contributed by atoms with E-state index in [0.717, 1.165) is 0 Å². The Labute approximate surface area is 402 Å². The van der Waals surface area contributed by atoms with Gasteiger partial charge in [-0.05, 0) is 131 Å². The molecule has 0 bridgehead atoms. The molecule has 2 aliphatic rings. The smallest absolute Gasteiger partial charge is 0.264 e. The number of hydrogen-bond donors (Lipinski definition) is 0. The normalized spacial score (nSPS) is 14.4. The second-order valence-electron chi connectivity index (χ2n) is 25.7. The Balaban J connectivity index is 1.43. The van der Waals surface area contributed by atoms with Crippen LogP contribution in [0.25, 0.3) is 21.2 Å². The Bertz CT molecular complexity index is 3010. The number of nitrogens with zero attached hydrogens (tertiary/aromatic N) is 2. The van der Waals surface area contributed by atoms with E-state index in [1.54, 1.807) is 0 Å². The maximum atomic E-state index is 2.67. The van der Waals surface area contributed by atoms with Crippen molar-refractivity contribution in [3.63, 3.8) is 0 Å². The highest BCUT2D eigenvalue weighted by atomic mass is 32.1. The molecule has 0 saturated heterocycles. The molecule has 0 spiro atoms. The molecule has 0 saturated carbocycles. The Kier molecular flexibility index (Phi) is 10.6. The lowest BCUT2D eigenvalue weighted by Crippen LogP contribution is -2.60. The minimum Gasteiger partial charge on any atom is -0.311 e. The molecule has 0 atom stereocenters. The third-order valence-electron chi connectivity index (χ3n) is 14.4. The second-order valence-corrected chi connectivity index (χ2v) is 26.8. The summed E-state index contributed by atoms with van der Waals surface area (Å²) in [6.07, 6.45) is 0. The summed E-state index contributed by atoms with van der Waals surface area (Å²) in [4.78, 5) is 5.31. The van der Waals surface area contributed by atoms with Crippen LogP contribution < -0.4 is 25.5 Å². The Morgan fingerprint density at radius 3 is 1.36 bits per heavy atom. The summed E-state index contributed by atoms with van der Waals surface area (Å²) in [5.74, 6) is 0. The Morgan fingerprint density at radius 1 is 0.379 bits per heavy atom. The average Bonchev–Trinajstić information content (AvgIpc) is 3.60. The first-order valence-corrected chi connectivity index (χ1v) is 25.2. The summed E-state index contributed by atoms with van der Waals surface area (Å²) in [5.41, 5.74) is 20.8. The van der Waals surface area contributed by atoms with Crippen molar-refractivity contribution in [3.05, 3.63) is 149 Å². The minimum absolute atomic E-state index is 0.0261. The SMILES string of the molecule is CC(C)(C)c1ccc(-c2cc(C(C)(C)C)ccc2N2c3cc(C(C)(C)C)ccc3B3c4sc5cc(C(C)(C)C)ccc5c4N(c4ccc(C(C)(C)C)cc4)c4cc(C(C)(C)C)cc2c43)cc1. The molecule has 0 unspecified atom stereocenters. The fraction of sp³-hybridized carbons (Fsp3) is 0.387. The van der Waals surface area contributed by atoms with E-state index in [1.165, 1.54) is 104 Å². The van der Waals surface area contributed by atoms with Crippen LogP contribution in [0.2, 0.25) is 0 Å². The first kappa shape index (κ1) is 46.1. The molecule has 9 rings (SSSR count). The van der Waals surface area contributed by atoms with Gasteiger partial charge in [-0.25, -0.2) is 0 Å². The standard InChI is InChI=1S/C62H73BN2S/c1-57(2,3)39-21-19-38(20-22-39)47-33-41(59(7,8)9)27-32-49(47)65-50-34-42(60(10,11)12)26-31-48(50)63-54-51(35-44(36-52(54)65)62(16,17)18)64(45-28-23-40(24-29-45)58(4,5)6)55-46-30-25-43(61(13,14)15)37-53(46)66-56(55)63/h19-37H,1-18H3. The molecule has 0 N–H and O–H groups in total. The maximum Gasteiger partial charge on any atom is 0.264 e. The fourth-order valence-electron chi connectivity index (χ4n) is 10.1. The van der Waals surface area contributed by atoms with Gasteiger partial charge in [-0.3, -0.25) is 0 Å². The lowest BCUT2D eigenvalue weighted by Gasteiger charge is -2.45. The monoisotopic (exact) mass is 889 g/mol. The van der Waals surface area contributed by atoms with Crippen LogP contribution in [0.1, 0.15) is 158 Å². The lowest BCUT2D eigenvalue weighted by atomic mass is 9.36. The summed E-state index contributed by atoms with van der Waals surface area (Å²) in [7, 11) is 0. The van der Waals surface area contributed by atoms with Gasteiger partial charge in [0.25, 0.3) is 6.71 Å². The van der Waals surface area contributed by atoms with Crippen molar-refractivity contribution >= 4 is 78.0 Å². The number of fused-ring (bicyclic) bond motifs is 6. The Hall–Kier alpha value is -5.06. The van der Waals surface area contributed by atoms with Gasteiger partial charge < -0.3 is 9.80 Å². The van der Waals surface area contributed by atoms with Crippen molar-refractivity contribution in [2.75, 3.05) is 9.80 Å². The first-order chi connectivity index (χ1) is 30.5. The van der Waals surface area contributed by atoms with Crippen LogP contribution in [-0.4, -0.2) is 6.71 Å². The van der Waals surface area contributed by atoms with Crippen LogP contribution in [0.15, 0.2) is 115 Å². The van der Waals surface area contributed by atoms with Crippen molar-refractivity contribution in [1.29, 1.82) is 0 Å². The van der Waals surface area contributed by atoms with Crippen LogP contribution >= 0.6 is 11.3 Å². The van der Waals surface area contributed by atoms with Crippen LogP contribution in [0, 0.1) is 0 Å². The van der Waals surface area contributed by atoms with Gasteiger partial charge in [-0.15, -0.1) is 11.3 Å². The molecule has 0 fully saturated rings. The molecule has 1 aromatic heterocycles. The van der Waals surface area contributed by atoms with E-state index in [1.807, 2.05) is 11.3 Å². The van der Waals surface area contributed by atoms with Crippen LogP contribution in [0.5, 0.6) is 0 Å². The van der Waals surface area contributed by atoms with E-state index in [9.17, 15) is 0 Å². The third kappa shape index (κ3) is 7.93. The molecule has 2 nitrogen and oxygen atoms in total. The fourth-order valence-corrected chi connectivity index (χ4v) is 11.4. The van der Waals surface area contributed by atoms with Crippen molar-refractivity contribution in [1.82, 2.24) is 0 Å². The largest absolute Gasteiger partial charge is 0.311 e. The molecule has 340 valence electrons. The van der Waals surface area contributed by atoms with Crippen LogP contribution in [0.3, 0.4) is 0 Å². The molecule has 0 aliphatic carbocycles. The highest BCUT2D eigenvalue weighted by Gasteiger charge is 2.47. The van der Waals surface area contributed by atoms with Crippen molar-refractivity contribution in [2.45, 2.75) is 157 Å². The van der Waals surface area contributed by atoms with Gasteiger partial charge in [0.15, 0.2) is 0 Å². The topological polar surface area (TPSA) is 6.48 Å². The first-order valence-electron chi connectivity index (χ1n) is 24.4. The predicted molar refractivity (Wildman–Crippen MR) is 293 cm³/mol. The van der Waals surface area contributed by atoms with Crippen LogP contribution in [0.4, 0.5) is 34.1 Å². The molecule has 7 aromatic rings. The summed E-state index contributed by atoms with van der Waals surface area (Å²) >= 11 is 2.00. The number of anilines is 6. The molecule has 0 amide bonds. The van der Waals surface area contributed by atoms with E-state index in [0.29, 0.717) is 0 Å². The Morgan fingerprint density at radius 2 is 0.818 bits per heavy atom. The molecule has 2 aliphatic heterocycles. The number of hydrogen-bond acceptors (Lipinski definition) is 3. The molecule has 6 aromatic carbocycles. The molecular weight excluding hydrogens is 816 g/mol. The number of rotatable bonds is 3. The van der Waals surface area contributed by atoms with Gasteiger partial charge in [0.05, 0.1) is 11.4 Å². The summed E-state index contributed by atoms with van der Waals surface area (Å²) in [6, 6.07) is 46.0. The summed E-state index contributed by atoms with van der Waals surface area (Å²) in [6.45, 7) is 42.1. The zero-order chi connectivity index (χ0) is 47.8.